The van der Waals surface area contributed by atoms with Crippen molar-refractivity contribution in [2.45, 2.75) is 31.1 Å². The second-order valence-electron chi connectivity index (χ2n) is 6.13. The number of pyridine rings is 1. The molecule has 3 aromatic rings. The third kappa shape index (κ3) is 1.30. The van der Waals surface area contributed by atoms with Crippen LogP contribution < -0.4 is 0 Å². The van der Waals surface area contributed by atoms with Gasteiger partial charge >= 0.3 is 0 Å². The van der Waals surface area contributed by atoms with Crippen LogP contribution in [0.3, 0.4) is 0 Å². The lowest BCUT2D eigenvalue weighted by Gasteiger charge is -2.17. The van der Waals surface area contributed by atoms with Crippen molar-refractivity contribution in [1.82, 2.24) is 4.98 Å². The van der Waals surface area contributed by atoms with E-state index in [1.807, 2.05) is 0 Å². The minimum atomic E-state index is 0.783. The number of benzene rings is 2. The second-order valence-corrected chi connectivity index (χ2v) is 6.99. The molecule has 2 atom stereocenters. The number of rotatable bonds is 0. The lowest BCUT2D eigenvalue weighted by molar-refractivity contribution is 0.719. The van der Waals surface area contributed by atoms with Gasteiger partial charge in [0.25, 0.3) is 0 Å². The molecule has 5 rings (SSSR count). The Kier molecular flexibility index (Phi) is 2.15. The smallest absolute Gasteiger partial charge is 0.0783 e. The fourth-order valence-corrected chi connectivity index (χ4v) is 4.82. The SMILES string of the molecule is Brc1cccc2c1ccc1c3c(cnc12)C1CCC3C1. The average Bonchev–Trinajstić information content (AvgIpc) is 3.08. The predicted octanol–water partition coefficient (Wildman–Crippen LogP) is 5.52. The first-order valence-corrected chi connectivity index (χ1v) is 8.12. The Morgan fingerprint density at radius 2 is 1.80 bits per heavy atom. The van der Waals surface area contributed by atoms with E-state index in [4.69, 9.17) is 4.98 Å². The third-order valence-electron chi connectivity index (χ3n) is 5.19. The summed E-state index contributed by atoms with van der Waals surface area (Å²) in [4.78, 5) is 4.82. The van der Waals surface area contributed by atoms with Crippen molar-refractivity contribution < 1.29 is 0 Å². The molecule has 2 unspecified atom stereocenters. The van der Waals surface area contributed by atoms with E-state index in [0.29, 0.717) is 0 Å². The van der Waals surface area contributed by atoms with Crippen LogP contribution in [-0.2, 0) is 0 Å². The molecule has 0 radical (unpaired) electrons. The molecule has 2 heteroatoms. The zero-order valence-electron chi connectivity index (χ0n) is 11.1. The summed E-state index contributed by atoms with van der Waals surface area (Å²) in [6.07, 6.45) is 6.24. The van der Waals surface area contributed by atoms with Crippen LogP contribution in [-0.4, -0.2) is 4.98 Å². The highest BCUT2D eigenvalue weighted by Gasteiger charge is 2.38. The van der Waals surface area contributed by atoms with Gasteiger partial charge in [0.05, 0.1) is 5.52 Å². The van der Waals surface area contributed by atoms with Crippen LogP contribution in [0.15, 0.2) is 41.0 Å². The quantitative estimate of drug-likeness (QED) is 0.497. The Bertz CT molecular complexity index is 868. The molecule has 1 saturated carbocycles. The molecule has 0 N–H and O–H groups in total. The van der Waals surface area contributed by atoms with Gasteiger partial charge in [-0.15, -0.1) is 0 Å². The van der Waals surface area contributed by atoms with E-state index in [9.17, 15) is 0 Å². The van der Waals surface area contributed by atoms with Gasteiger partial charge in [0.15, 0.2) is 0 Å². The van der Waals surface area contributed by atoms with Gasteiger partial charge in [-0.3, -0.25) is 4.98 Å². The zero-order valence-corrected chi connectivity index (χ0v) is 12.7. The predicted molar refractivity (Wildman–Crippen MR) is 86.3 cm³/mol. The van der Waals surface area contributed by atoms with Crippen LogP contribution in [0.5, 0.6) is 0 Å². The minimum absolute atomic E-state index is 0.783. The highest BCUT2D eigenvalue weighted by molar-refractivity contribution is 9.10. The standard InChI is InChI=1S/C18H14BrN/c19-16-3-1-2-13-12(16)6-7-14-17-11-5-4-10(8-11)15(17)9-20-18(13)14/h1-3,6-7,9-11H,4-5,8H2. The number of hydrogen-bond acceptors (Lipinski definition) is 1. The summed E-state index contributed by atoms with van der Waals surface area (Å²) in [5, 5.41) is 3.92. The van der Waals surface area contributed by atoms with Crippen LogP contribution in [0.4, 0.5) is 0 Å². The minimum Gasteiger partial charge on any atom is -0.255 e. The van der Waals surface area contributed by atoms with Gasteiger partial charge in [0.2, 0.25) is 0 Å². The van der Waals surface area contributed by atoms with E-state index in [2.05, 4.69) is 52.5 Å². The summed E-state index contributed by atoms with van der Waals surface area (Å²) >= 11 is 3.65. The van der Waals surface area contributed by atoms with Crippen LogP contribution in [0, 0.1) is 0 Å². The van der Waals surface area contributed by atoms with Crippen LogP contribution in [0.1, 0.15) is 42.2 Å². The van der Waals surface area contributed by atoms with Gasteiger partial charge in [-0.05, 0) is 53.7 Å². The van der Waals surface area contributed by atoms with Gasteiger partial charge in [-0.25, -0.2) is 0 Å². The van der Waals surface area contributed by atoms with E-state index in [0.717, 1.165) is 16.3 Å². The Labute approximate surface area is 126 Å². The molecular weight excluding hydrogens is 310 g/mol. The van der Waals surface area contributed by atoms with E-state index >= 15 is 0 Å². The monoisotopic (exact) mass is 323 g/mol. The van der Waals surface area contributed by atoms with Crippen molar-refractivity contribution in [3.05, 3.63) is 52.1 Å². The lowest BCUT2D eigenvalue weighted by atomic mass is 9.89. The van der Waals surface area contributed by atoms with Gasteiger partial charge in [-0.1, -0.05) is 40.2 Å². The van der Waals surface area contributed by atoms with Crippen molar-refractivity contribution in [3.8, 4) is 0 Å². The van der Waals surface area contributed by atoms with E-state index in [1.54, 1.807) is 5.56 Å². The highest BCUT2D eigenvalue weighted by atomic mass is 79.9. The number of hydrogen-bond donors (Lipinski definition) is 0. The van der Waals surface area contributed by atoms with Crippen molar-refractivity contribution >= 4 is 37.6 Å². The molecule has 0 saturated heterocycles. The second kappa shape index (κ2) is 3.82. The maximum atomic E-state index is 4.82. The normalized spacial score (nSPS) is 23.6. The lowest BCUT2D eigenvalue weighted by Crippen LogP contribution is -2.00. The van der Waals surface area contributed by atoms with Crippen LogP contribution >= 0.6 is 15.9 Å². The molecule has 0 amide bonds. The summed E-state index contributed by atoms with van der Waals surface area (Å²) in [5.74, 6) is 1.57. The number of aromatic nitrogens is 1. The van der Waals surface area contributed by atoms with E-state index in [-0.39, 0.29) is 0 Å². The Morgan fingerprint density at radius 3 is 2.75 bits per heavy atom. The topological polar surface area (TPSA) is 12.9 Å². The summed E-state index contributed by atoms with van der Waals surface area (Å²) in [6, 6.07) is 10.9. The largest absolute Gasteiger partial charge is 0.255 e. The number of fused-ring (bicyclic) bond motifs is 9. The fourth-order valence-electron chi connectivity index (χ4n) is 4.33. The first-order valence-electron chi connectivity index (χ1n) is 7.32. The molecule has 98 valence electrons. The molecule has 0 aliphatic heterocycles. The summed E-state index contributed by atoms with van der Waals surface area (Å²) in [6.45, 7) is 0. The molecular formula is C18H14BrN. The maximum Gasteiger partial charge on any atom is 0.0783 e. The van der Waals surface area contributed by atoms with Crippen molar-refractivity contribution in [1.29, 1.82) is 0 Å². The number of halogens is 1. The molecule has 2 aromatic carbocycles. The molecule has 2 aliphatic rings. The van der Waals surface area contributed by atoms with Crippen molar-refractivity contribution in [3.63, 3.8) is 0 Å². The maximum absolute atomic E-state index is 4.82. The first-order chi connectivity index (χ1) is 9.83. The molecule has 1 heterocycles. The van der Waals surface area contributed by atoms with Gasteiger partial charge in [-0.2, -0.15) is 0 Å². The third-order valence-corrected chi connectivity index (χ3v) is 5.89. The molecule has 0 spiro atoms. The molecule has 2 aliphatic carbocycles. The Hall–Kier alpha value is -1.41. The van der Waals surface area contributed by atoms with Crippen molar-refractivity contribution in [2.75, 3.05) is 0 Å². The number of nitrogens with zero attached hydrogens (tertiary/aromatic N) is 1. The molecule has 20 heavy (non-hydrogen) atoms. The highest BCUT2D eigenvalue weighted by Crippen LogP contribution is 2.54. The van der Waals surface area contributed by atoms with Crippen molar-refractivity contribution in [2.24, 2.45) is 0 Å². The molecule has 1 aromatic heterocycles. The van der Waals surface area contributed by atoms with Gasteiger partial charge < -0.3 is 0 Å². The fraction of sp³-hybridized carbons (Fsp3) is 0.278. The molecule has 2 bridgehead atoms. The first kappa shape index (κ1) is 11.3. The van der Waals surface area contributed by atoms with Crippen LogP contribution in [0.2, 0.25) is 0 Å². The van der Waals surface area contributed by atoms with Crippen LogP contribution in [0.25, 0.3) is 21.7 Å². The van der Waals surface area contributed by atoms with Gasteiger partial charge in [0, 0.05) is 21.4 Å². The van der Waals surface area contributed by atoms with Gasteiger partial charge in [0.1, 0.15) is 0 Å². The van der Waals surface area contributed by atoms with E-state index < -0.39 is 0 Å². The summed E-state index contributed by atoms with van der Waals surface area (Å²) < 4.78 is 1.15. The average molecular weight is 324 g/mol. The summed E-state index contributed by atoms with van der Waals surface area (Å²) in [7, 11) is 0. The molecule has 1 nitrogen and oxygen atoms in total. The molecule has 1 fully saturated rings. The van der Waals surface area contributed by atoms with E-state index in [1.165, 1.54) is 46.5 Å². The Balaban J connectivity index is 1.95. The Morgan fingerprint density at radius 1 is 0.950 bits per heavy atom. The zero-order chi connectivity index (χ0) is 13.3. The summed E-state index contributed by atoms with van der Waals surface area (Å²) in [5.41, 5.74) is 4.31.